The standard InChI is InChI=1S/C10H17N3O/c1-7(2)4-9-12-8(6-11)5-10(13-9)14-3/h5,7H,4,6,11H2,1-3H3. The summed E-state index contributed by atoms with van der Waals surface area (Å²) in [6.07, 6.45) is 0.851. The topological polar surface area (TPSA) is 61.0 Å². The van der Waals surface area contributed by atoms with Crippen LogP contribution in [-0.4, -0.2) is 17.1 Å². The Morgan fingerprint density at radius 3 is 2.64 bits per heavy atom. The molecule has 1 heterocycles. The first kappa shape index (κ1) is 10.9. The first-order valence-electron chi connectivity index (χ1n) is 4.76. The predicted molar refractivity (Wildman–Crippen MR) is 55.0 cm³/mol. The number of nitrogens with two attached hydrogens (primary N) is 1. The molecular formula is C10H17N3O. The maximum atomic E-state index is 5.53. The van der Waals surface area contributed by atoms with Crippen LogP contribution in [0.3, 0.4) is 0 Å². The number of hydrogen-bond donors (Lipinski definition) is 1. The van der Waals surface area contributed by atoms with Crippen molar-refractivity contribution >= 4 is 0 Å². The summed E-state index contributed by atoms with van der Waals surface area (Å²) >= 11 is 0. The Labute approximate surface area is 84.5 Å². The number of nitrogens with zero attached hydrogens (tertiary/aromatic N) is 2. The highest BCUT2D eigenvalue weighted by molar-refractivity contribution is 5.16. The van der Waals surface area contributed by atoms with Gasteiger partial charge in [0.25, 0.3) is 0 Å². The third kappa shape index (κ3) is 2.96. The van der Waals surface area contributed by atoms with Gasteiger partial charge in [0.15, 0.2) is 0 Å². The second-order valence-corrected chi connectivity index (χ2v) is 3.62. The molecular weight excluding hydrogens is 178 g/mol. The van der Waals surface area contributed by atoms with Gasteiger partial charge in [0.05, 0.1) is 12.8 Å². The molecule has 0 spiro atoms. The second-order valence-electron chi connectivity index (χ2n) is 3.62. The van der Waals surface area contributed by atoms with E-state index in [0.29, 0.717) is 18.3 Å². The maximum absolute atomic E-state index is 5.53. The van der Waals surface area contributed by atoms with Gasteiger partial charge in [-0.3, -0.25) is 0 Å². The van der Waals surface area contributed by atoms with Crippen LogP contribution in [0.25, 0.3) is 0 Å². The summed E-state index contributed by atoms with van der Waals surface area (Å²) in [6, 6.07) is 1.77. The SMILES string of the molecule is COc1cc(CN)nc(CC(C)C)n1. The van der Waals surface area contributed by atoms with Crippen LogP contribution in [0.1, 0.15) is 25.4 Å². The lowest BCUT2D eigenvalue weighted by Gasteiger charge is -2.07. The van der Waals surface area contributed by atoms with Crippen LogP contribution < -0.4 is 10.5 Å². The average Bonchev–Trinajstić information content (AvgIpc) is 2.16. The molecule has 0 aliphatic heterocycles. The molecule has 0 radical (unpaired) electrons. The highest BCUT2D eigenvalue weighted by atomic mass is 16.5. The molecule has 0 aliphatic rings. The van der Waals surface area contributed by atoms with Crippen molar-refractivity contribution in [3.05, 3.63) is 17.6 Å². The van der Waals surface area contributed by atoms with Crippen molar-refractivity contribution in [1.29, 1.82) is 0 Å². The number of aromatic nitrogens is 2. The van der Waals surface area contributed by atoms with Gasteiger partial charge in [0, 0.05) is 19.0 Å². The van der Waals surface area contributed by atoms with E-state index in [2.05, 4.69) is 23.8 Å². The first-order valence-corrected chi connectivity index (χ1v) is 4.76. The van der Waals surface area contributed by atoms with Crippen LogP contribution in [0.2, 0.25) is 0 Å². The summed E-state index contributed by atoms with van der Waals surface area (Å²) in [6.45, 7) is 4.68. The summed E-state index contributed by atoms with van der Waals surface area (Å²) in [4.78, 5) is 8.57. The quantitative estimate of drug-likeness (QED) is 0.782. The molecule has 0 unspecified atom stereocenters. The Hall–Kier alpha value is -1.16. The minimum atomic E-state index is 0.421. The van der Waals surface area contributed by atoms with E-state index in [9.17, 15) is 0 Å². The average molecular weight is 195 g/mol. The van der Waals surface area contributed by atoms with Gasteiger partial charge in [-0.25, -0.2) is 4.98 Å². The van der Waals surface area contributed by atoms with Crippen LogP contribution in [0.15, 0.2) is 6.07 Å². The largest absolute Gasteiger partial charge is 0.481 e. The number of rotatable bonds is 4. The number of hydrogen-bond acceptors (Lipinski definition) is 4. The Kier molecular flexibility index (Phi) is 3.83. The van der Waals surface area contributed by atoms with Gasteiger partial charge in [-0.1, -0.05) is 13.8 Å². The molecule has 0 saturated carbocycles. The molecule has 1 aromatic heterocycles. The Balaban J connectivity index is 2.92. The predicted octanol–water partition coefficient (Wildman–Crippen LogP) is 1.14. The van der Waals surface area contributed by atoms with Gasteiger partial charge < -0.3 is 10.5 Å². The highest BCUT2D eigenvalue weighted by Gasteiger charge is 2.05. The van der Waals surface area contributed by atoms with Crippen molar-refractivity contribution in [3.63, 3.8) is 0 Å². The van der Waals surface area contributed by atoms with Crippen LogP contribution in [0, 0.1) is 5.92 Å². The lowest BCUT2D eigenvalue weighted by molar-refractivity contribution is 0.392. The normalized spacial score (nSPS) is 10.6. The Morgan fingerprint density at radius 2 is 2.14 bits per heavy atom. The van der Waals surface area contributed by atoms with Gasteiger partial charge in [0.1, 0.15) is 5.82 Å². The highest BCUT2D eigenvalue weighted by Crippen LogP contribution is 2.11. The van der Waals surface area contributed by atoms with Crippen molar-refractivity contribution in [1.82, 2.24) is 9.97 Å². The van der Waals surface area contributed by atoms with E-state index < -0.39 is 0 Å². The smallest absolute Gasteiger partial charge is 0.216 e. The van der Waals surface area contributed by atoms with Crippen molar-refractivity contribution in [3.8, 4) is 5.88 Å². The fourth-order valence-electron chi connectivity index (χ4n) is 1.19. The zero-order valence-electron chi connectivity index (χ0n) is 8.95. The molecule has 0 aromatic carbocycles. The molecule has 14 heavy (non-hydrogen) atoms. The molecule has 1 rings (SSSR count). The molecule has 0 amide bonds. The summed E-state index contributed by atoms with van der Waals surface area (Å²) in [5.74, 6) is 1.93. The molecule has 78 valence electrons. The summed E-state index contributed by atoms with van der Waals surface area (Å²) in [5.41, 5.74) is 6.35. The third-order valence-corrected chi connectivity index (χ3v) is 1.81. The molecule has 2 N–H and O–H groups in total. The first-order chi connectivity index (χ1) is 6.65. The van der Waals surface area contributed by atoms with E-state index >= 15 is 0 Å². The maximum Gasteiger partial charge on any atom is 0.216 e. The molecule has 1 aromatic rings. The molecule has 0 bridgehead atoms. The summed E-state index contributed by atoms with van der Waals surface area (Å²) in [5, 5.41) is 0. The molecule has 0 atom stereocenters. The van der Waals surface area contributed by atoms with E-state index in [-0.39, 0.29) is 0 Å². The minimum absolute atomic E-state index is 0.421. The van der Waals surface area contributed by atoms with E-state index in [1.807, 2.05) is 0 Å². The Morgan fingerprint density at radius 1 is 1.43 bits per heavy atom. The van der Waals surface area contributed by atoms with Crippen molar-refractivity contribution in [2.45, 2.75) is 26.8 Å². The number of ether oxygens (including phenoxy) is 1. The van der Waals surface area contributed by atoms with Crippen LogP contribution in [-0.2, 0) is 13.0 Å². The fraction of sp³-hybridized carbons (Fsp3) is 0.600. The zero-order valence-corrected chi connectivity index (χ0v) is 8.95. The van der Waals surface area contributed by atoms with Gasteiger partial charge in [0.2, 0.25) is 5.88 Å². The van der Waals surface area contributed by atoms with Crippen molar-refractivity contribution in [2.75, 3.05) is 7.11 Å². The van der Waals surface area contributed by atoms with E-state index in [1.54, 1.807) is 13.2 Å². The second kappa shape index (κ2) is 4.91. The summed E-state index contributed by atoms with van der Waals surface area (Å²) < 4.78 is 5.07. The van der Waals surface area contributed by atoms with E-state index in [4.69, 9.17) is 10.5 Å². The zero-order chi connectivity index (χ0) is 10.6. The number of methoxy groups -OCH3 is 1. The molecule has 4 nitrogen and oxygen atoms in total. The molecule has 0 fully saturated rings. The van der Waals surface area contributed by atoms with Gasteiger partial charge in [-0.05, 0) is 5.92 Å². The van der Waals surface area contributed by atoms with E-state index in [1.165, 1.54) is 0 Å². The molecule has 4 heteroatoms. The Bertz CT molecular complexity index is 277. The van der Waals surface area contributed by atoms with Gasteiger partial charge >= 0.3 is 0 Å². The van der Waals surface area contributed by atoms with Crippen molar-refractivity contribution in [2.24, 2.45) is 11.7 Å². The van der Waals surface area contributed by atoms with Crippen LogP contribution >= 0.6 is 0 Å². The van der Waals surface area contributed by atoms with Crippen LogP contribution in [0.5, 0.6) is 5.88 Å². The monoisotopic (exact) mass is 195 g/mol. The van der Waals surface area contributed by atoms with Crippen LogP contribution in [0.4, 0.5) is 0 Å². The summed E-state index contributed by atoms with van der Waals surface area (Å²) in [7, 11) is 1.60. The minimum Gasteiger partial charge on any atom is -0.481 e. The lowest BCUT2D eigenvalue weighted by Crippen LogP contribution is -2.07. The molecule has 0 aliphatic carbocycles. The lowest BCUT2D eigenvalue weighted by atomic mass is 10.1. The van der Waals surface area contributed by atoms with Gasteiger partial charge in [-0.15, -0.1) is 0 Å². The third-order valence-electron chi connectivity index (χ3n) is 1.81. The molecule has 0 saturated heterocycles. The van der Waals surface area contributed by atoms with Crippen molar-refractivity contribution < 1.29 is 4.74 Å². The fourth-order valence-corrected chi connectivity index (χ4v) is 1.19. The van der Waals surface area contributed by atoms with E-state index in [0.717, 1.165) is 17.9 Å². The van der Waals surface area contributed by atoms with Gasteiger partial charge in [-0.2, -0.15) is 4.98 Å².